The average molecular weight is 403 g/mol. The van der Waals surface area contributed by atoms with Gasteiger partial charge in [-0.15, -0.1) is 0 Å². The molecule has 2 aromatic heterocycles. The lowest BCUT2D eigenvalue weighted by Crippen LogP contribution is -2.30. The van der Waals surface area contributed by atoms with E-state index in [1.54, 1.807) is 0 Å². The van der Waals surface area contributed by atoms with Gasteiger partial charge in [-0.1, -0.05) is 12.1 Å². The molecule has 29 heavy (non-hydrogen) atoms. The molecule has 3 aromatic rings. The summed E-state index contributed by atoms with van der Waals surface area (Å²) in [6.07, 6.45) is -0.199. The first kappa shape index (κ1) is 18.9. The van der Waals surface area contributed by atoms with E-state index in [2.05, 4.69) is 20.3 Å². The van der Waals surface area contributed by atoms with E-state index >= 15 is 0 Å². The zero-order valence-electron chi connectivity index (χ0n) is 15.0. The molecule has 1 aliphatic heterocycles. The van der Waals surface area contributed by atoms with Gasteiger partial charge in [-0.3, -0.25) is 4.98 Å². The predicted molar refractivity (Wildman–Crippen MR) is 99.4 cm³/mol. The Labute approximate surface area is 163 Å². The van der Waals surface area contributed by atoms with E-state index in [4.69, 9.17) is 5.11 Å². The van der Waals surface area contributed by atoms with E-state index < -0.39 is 17.8 Å². The van der Waals surface area contributed by atoms with Gasteiger partial charge in [0.05, 0.1) is 5.56 Å². The van der Waals surface area contributed by atoms with Crippen molar-refractivity contribution in [1.82, 2.24) is 19.9 Å². The van der Waals surface area contributed by atoms with E-state index in [0.717, 1.165) is 12.1 Å². The molecule has 0 aliphatic carbocycles. The fourth-order valence-corrected chi connectivity index (χ4v) is 3.36. The number of alkyl halides is 3. The second-order valence-corrected chi connectivity index (χ2v) is 6.71. The molecule has 1 saturated heterocycles. The first-order valence-corrected chi connectivity index (χ1v) is 8.84. The number of hydrogen-bond donors (Lipinski definition) is 2. The van der Waals surface area contributed by atoms with Crippen molar-refractivity contribution in [3.8, 4) is 11.1 Å². The quantitative estimate of drug-likeness (QED) is 0.690. The molecule has 4 rings (SSSR count). The number of halogens is 3. The number of pyridine rings is 1. The van der Waals surface area contributed by atoms with Crippen LogP contribution in [0.25, 0.3) is 22.2 Å². The van der Waals surface area contributed by atoms with Gasteiger partial charge in [-0.2, -0.15) is 13.2 Å². The Morgan fingerprint density at radius 3 is 2.41 bits per heavy atom. The number of carboxylic acid groups (broad SMARTS) is 1. The van der Waals surface area contributed by atoms with Gasteiger partial charge >= 0.3 is 12.3 Å². The van der Waals surface area contributed by atoms with Gasteiger partial charge in [0.15, 0.2) is 5.82 Å². The number of hydrogen-bond acceptors (Lipinski definition) is 5. The van der Waals surface area contributed by atoms with Crippen LogP contribution >= 0.6 is 0 Å². The second kappa shape index (κ2) is 7.19. The predicted octanol–water partition coefficient (Wildman–Crippen LogP) is 3.87. The van der Waals surface area contributed by atoms with Crippen LogP contribution < -0.4 is 5.32 Å². The molecular formula is C19H16F3N5O2. The van der Waals surface area contributed by atoms with Crippen LogP contribution in [0, 0.1) is 0 Å². The summed E-state index contributed by atoms with van der Waals surface area (Å²) in [7, 11) is 0. The number of aromatic nitrogens is 3. The molecule has 7 nitrogen and oxygen atoms in total. The molecular weight excluding hydrogens is 387 g/mol. The fourth-order valence-electron chi connectivity index (χ4n) is 3.36. The zero-order chi connectivity index (χ0) is 20.6. The third-order valence-corrected chi connectivity index (χ3v) is 4.82. The highest BCUT2D eigenvalue weighted by Crippen LogP contribution is 2.33. The van der Waals surface area contributed by atoms with Crippen LogP contribution in [-0.4, -0.2) is 50.2 Å². The van der Waals surface area contributed by atoms with E-state index in [1.165, 1.54) is 35.6 Å². The molecule has 1 aliphatic rings. The number of fused-ring (bicyclic) bond motifs is 1. The number of nitrogens with zero attached hydrogens (tertiary/aromatic N) is 4. The Morgan fingerprint density at radius 2 is 1.79 bits per heavy atom. The standard InChI is InChI=1S/C19H16F3N5O2/c20-19(21,22)12-3-1-11(2-4-12)14-9-25-17(16-15(14)23-6-7-24-16)26-13-5-8-27(10-13)18(28)29/h1-4,6-7,9,13H,5,8,10H2,(H,25,26)(H,28,29). The molecule has 0 bridgehead atoms. The monoisotopic (exact) mass is 403 g/mol. The molecule has 10 heteroatoms. The van der Waals surface area contributed by atoms with Crippen LogP contribution in [0.1, 0.15) is 12.0 Å². The third kappa shape index (κ3) is 3.78. The number of likely N-dealkylation sites (tertiary alicyclic amines) is 1. The molecule has 0 saturated carbocycles. The second-order valence-electron chi connectivity index (χ2n) is 6.71. The molecule has 1 atom stereocenters. The molecule has 1 aromatic carbocycles. The van der Waals surface area contributed by atoms with Crippen LogP contribution in [0.15, 0.2) is 42.9 Å². The Morgan fingerprint density at radius 1 is 1.10 bits per heavy atom. The summed E-state index contributed by atoms with van der Waals surface area (Å²) in [5.74, 6) is 0.459. The Balaban J connectivity index is 1.66. The minimum atomic E-state index is -4.41. The van der Waals surface area contributed by atoms with Crippen LogP contribution in [0.2, 0.25) is 0 Å². The summed E-state index contributed by atoms with van der Waals surface area (Å²) in [5, 5.41) is 12.3. The molecule has 0 radical (unpaired) electrons. The van der Waals surface area contributed by atoms with Crippen molar-refractivity contribution in [3.63, 3.8) is 0 Å². The Bertz CT molecular complexity index is 1060. The van der Waals surface area contributed by atoms with Gasteiger partial charge in [0.1, 0.15) is 11.0 Å². The normalized spacial score (nSPS) is 16.9. The molecule has 3 heterocycles. The average Bonchev–Trinajstić information content (AvgIpc) is 3.17. The van der Waals surface area contributed by atoms with Crippen molar-refractivity contribution < 1.29 is 23.1 Å². The number of amides is 1. The van der Waals surface area contributed by atoms with E-state index in [1.807, 2.05) is 0 Å². The fraction of sp³-hybridized carbons (Fsp3) is 0.263. The van der Waals surface area contributed by atoms with Crippen molar-refractivity contribution >= 4 is 22.9 Å². The highest BCUT2D eigenvalue weighted by Gasteiger charge is 2.30. The van der Waals surface area contributed by atoms with Gasteiger partial charge < -0.3 is 15.3 Å². The summed E-state index contributed by atoms with van der Waals surface area (Å²) >= 11 is 0. The highest BCUT2D eigenvalue weighted by molar-refractivity contribution is 5.96. The van der Waals surface area contributed by atoms with E-state index in [-0.39, 0.29) is 6.04 Å². The minimum absolute atomic E-state index is 0.110. The lowest BCUT2D eigenvalue weighted by Gasteiger charge is -2.16. The topological polar surface area (TPSA) is 91.2 Å². The van der Waals surface area contributed by atoms with Gasteiger partial charge in [-0.05, 0) is 24.1 Å². The summed E-state index contributed by atoms with van der Waals surface area (Å²) < 4.78 is 38.4. The first-order chi connectivity index (χ1) is 13.8. The van der Waals surface area contributed by atoms with Gasteiger partial charge in [-0.25, -0.2) is 14.8 Å². The zero-order valence-corrected chi connectivity index (χ0v) is 15.0. The number of anilines is 1. The lowest BCUT2D eigenvalue weighted by molar-refractivity contribution is -0.137. The molecule has 1 unspecified atom stereocenters. The SMILES string of the molecule is O=C(O)N1CCC(Nc2ncc(-c3ccc(C(F)(F)F)cc3)c3nccnc23)C1. The maximum atomic E-state index is 12.8. The van der Waals surface area contributed by atoms with Crippen molar-refractivity contribution in [2.75, 3.05) is 18.4 Å². The van der Waals surface area contributed by atoms with Gasteiger partial charge in [0.25, 0.3) is 0 Å². The highest BCUT2D eigenvalue weighted by atomic mass is 19.4. The summed E-state index contributed by atoms with van der Waals surface area (Å²) in [4.78, 5) is 25.5. The van der Waals surface area contributed by atoms with Crippen molar-refractivity contribution in [2.24, 2.45) is 0 Å². The first-order valence-electron chi connectivity index (χ1n) is 8.84. The molecule has 150 valence electrons. The third-order valence-electron chi connectivity index (χ3n) is 4.82. The Hall–Kier alpha value is -3.43. The molecule has 1 fully saturated rings. The van der Waals surface area contributed by atoms with Crippen LogP contribution in [0.4, 0.5) is 23.8 Å². The molecule has 2 N–H and O–H groups in total. The van der Waals surface area contributed by atoms with Gasteiger partial charge in [0, 0.05) is 43.3 Å². The number of benzene rings is 1. The van der Waals surface area contributed by atoms with Crippen molar-refractivity contribution in [2.45, 2.75) is 18.6 Å². The summed E-state index contributed by atoms with van der Waals surface area (Å²) in [6, 6.07) is 4.68. The molecule has 1 amide bonds. The van der Waals surface area contributed by atoms with Crippen LogP contribution in [0.3, 0.4) is 0 Å². The minimum Gasteiger partial charge on any atom is -0.465 e. The maximum Gasteiger partial charge on any atom is 0.416 e. The lowest BCUT2D eigenvalue weighted by atomic mass is 10.0. The molecule has 0 spiro atoms. The van der Waals surface area contributed by atoms with Crippen LogP contribution in [0.5, 0.6) is 0 Å². The van der Waals surface area contributed by atoms with E-state index in [9.17, 15) is 18.0 Å². The summed E-state index contributed by atoms with van der Waals surface area (Å²) in [6.45, 7) is 0.764. The number of nitrogens with one attached hydrogen (secondary N) is 1. The van der Waals surface area contributed by atoms with Crippen molar-refractivity contribution in [1.29, 1.82) is 0 Å². The maximum absolute atomic E-state index is 12.8. The van der Waals surface area contributed by atoms with Gasteiger partial charge in [0.2, 0.25) is 0 Å². The number of carbonyl (C=O) groups is 1. The van der Waals surface area contributed by atoms with E-state index in [0.29, 0.717) is 47.5 Å². The van der Waals surface area contributed by atoms with Crippen molar-refractivity contribution in [3.05, 3.63) is 48.4 Å². The Kier molecular flexibility index (Phi) is 4.69. The smallest absolute Gasteiger partial charge is 0.416 e. The number of rotatable bonds is 3. The van der Waals surface area contributed by atoms with Crippen LogP contribution in [-0.2, 0) is 6.18 Å². The largest absolute Gasteiger partial charge is 0.465 e. The summed E-state index contributed by atoms with van der Waals surface area (Å²) in [5.41, 5.74) is 1.34.